The molecule has 1 aromatic heterocycles. The molecule has 0 amide bonds. The van der Waals surface area contributed by atoms with Crippen LogP contribution in [0.5, 0.6) is 0 Å². The number of nitro groups is 1. The van der Waals surface area contributed by atoms with Crippen molar-refractivity contribution < 1.29 is 33.8 Å². The van der Waals surface area contributed by atoms with E-state index in [2.05, 4.69) is 15.1 Å². The Labute approximate surface area is 226 Å². The number of carbonyl (C=O) groups is 4. The van der Waals surface area contributed by atoms with E-state index in [4.69, 9.17) is 4.84 Å². The Bertz CT molecular complexity index is 1610. The first-order valence-corrected chi connectivity index (χ1v) is 13.0. The lowest BCUT2D eigenvalue weighted by Crippen LogP contribution is -2.23. The van der Waals surface area contributed by atoms with Crippen LogP contribution >= 0.6 is 11.3 Å². The van der Waals surface area contributed by atoms with Crippen LogP contribution < -0.4 is 0 Å². The normalized spacial score (nSPS) is 14.6. The zero-order chi connectivity index (χ0) is 28.4. The second-order valence-corrected chi connectivity index (χ2v) is 10.4. The number of nitro benzene ring substituents is 1. The summed E-state index contributed by atoms with van der Waals surface area (Å²) in [5, 5.41) is 20.5. The zero-order valence-electron chi connectivity index (χ0n) is 21.7. The first-order valence-electron chi connectivity index (χ1n) is 12.2. The lowest BCUT2D eigenvalue weighted by molar-refractivity contribution is -0.382. The highest BCUT2D eigenvalue weighted by molar-refractivity contribution is 7.26. The third kappa shape index (κ3) is 5.75. The molecule has 1 aliphatic carbocycles. The van der Waals surface area contributed by atoms with Crippen molar-refractivity contribution in [3.05, 3.63) is 51.1 Å². The molecule has 39 heavy (non-hydrogen) atoms. The van der Waals surface area contributed by atoms with Gasteiger partial charge < -0.3 is 9.68 Å². The van der Waals surface area contributed by atoms with Crippen LogP contribution in [0.15, 0.2) is 34.6 Å². The van der Waals surface area contributed by atoms with Crippen LogP contribution in [-0.2, 0) is 19.3 Å². The van der Waals surface area contributed by atoms with Crippen LogP contribution in [0.2, 0.25) is 0 Å². The number of hydrogen-bond donors (Lipinski definition) is 0. The molecule has 1 saturated carbocycles. The van der Waals surface area contributed by atoms with Gasteiger partial charge in [-0.2, -0.15) is 0 Å². The molecule has 0 aliphatic heterocycles. The molecule has 0 saturated heterocycles. The highest BCUT2D eigenvalue weighted by atomic mass is 32.1. The van der Waals surface area contributed by atoms with Crippen molar-refractivity contribution in [2.24, 2.45) is 16.2 Å². The smallest absolute Gasteiger partial charge is 0.318 e. The Morgan fingerprint density at radius 2 is 1.44 bits per heavy atom. The summed E-state index contributed by atoms with van der Waals surface area (Å²) in [6.07, 6.45) is 3.16. The Morgan fingerprint density at radius 3 is 2.03 bits per heavy atom. The first-order chi connectivity index (χ1) is 18.5. The molecule has 11 nitrogen and oxygen atoms in total. The molecule has 3 aromatic rings. The van der Waals surface area contributed by atoms with Crippen LogP contribution in [-0.4, -0.2) is 39.9 Å². The maximum atomic E-state index is 13.6. The van der Waals surface area contributed by atoms with Crippen LogP contribution in [0.25, 0.3) is 20.2 Å². The molecular formula is C27H25N3O8S. The van der Waals surface area contributed by atoms with Crippen molar-refractivity contribution in [2.75, 3.05) is 0 Å². The lowest BCUT2D eigenvalue weighted by atomic mass is 9.93. The van der Waals surface area contributed by atoms with Gasteiger partial charge in [0.25, 0.3) is 5.69 Å². The van der Waals surface area contributed by atoms with Crippen molar-refractivity contribution in [3.8, 4) is 0 Å². The molecule has 0 N–H and O–H groups in total. The summed E-state index contributed by atoms with van der Waals surface area (Å²) in [5.74, 6) is -2.61. The fraction of sp³-hybridized carbons (Fsp3) is 0.333. The van der Waals surface area contributed by atoms with Crippen LogP contribution in [0.4, 0.5) is 5.69 Å². The third-order valence-corrected chi connectivity index (χ3v) is 7.83. The van der Waals surface area contributed by atoms with Gasteiger partial charge in [-0.05, 0) is 50.5 Å². The highest BCUT2D eigenvalue weighted by Gasteiger charge is 2.30. The van der Waals surface area contributed by atoms with Gasteiger partial charge in [-0.1, -0.05) is 23.2 Å². The number of aryl methyl sites for hydroxylation is 1. The van der Waals surface area contributed by atoms with E-state index in [1.54, 1.807) is 25.1 Å². The highest BCUT2D eigenvalue weighted by Crippen LogP contribution is 2.42. The van der Waals surface area contributed by atoms with Gasteiger partial charge in [-0.3, -0.25) is 19.7 Å². The summed E-state index contributed by atoms with van der Waals surface area (Å²) in [5.41, 5.74) is 0.732. The van der Waals surface area contributed by atoms with Crippen LogP contribution in [0, 0.1) is 23.0 Å². The van der Waals surface area contributed by atoms with Crippen molar-refractivity contribution in [3.63, 3.8) is 0 Å². The van der Waals surface area contributed by atoms with E-state index in [0.29, 0.717) is 38.6 Å². The van der Waals surface area contributed by atoms with Gasteiger partial charge in [0.15, 0.2) is 0 Å². The molecule has 202 valence electrons. The van der Waals surface area contributed by atoms with Gasteiger partial charge in [-0.15, -0.1) is 11.3 Å². The summed E-state index contributed by atoms with van der Waals surface area (Å²) >= 11 is 1.19. The van der Waals surface area contributed by atoms with Gasteiger partial charge in [-0.25, -0.2) is 9.59 Å². The van der Waals surface area contributed by atoms with Crippen molar-refractivity contribution in [2.45, 2.75) is 53.4 Å². The van der Waals surface area contributed by atoms with E-state index in [0.717, 1.165) is 19.8 Å². The Morgan fingerprint density at radius 1 is 0.872 bits per heavy atom. The lowest BCUT2D eigenvalue weighted by Gasteiger charge is -2.11. The quantitative estimate of drug-likeness (QED) is 0.114. The van der Waals surface area contributed by atoms with E-state index in [9.17, 15) is 29.3 Å². The Hall–Kier alpha value is -4.32. The maximum absolute atomic E-state index is 13.6. The van der Waals surface area contributed by atoms with Gasteiger partial charge in [0.05, 0.1) is 4.92 Å². The molecule has 1 heterocycles. The second-order valence-electron chi connectivity index (χ2n) is 9.36. The number of nitrogens with zero attached hydrogens (tertiary/aromatic N) is 3. The number of hydrogen-bond acceptors (Lipinski definition) is 11. The molecule has 0 atom stereocenters. The molecular weight excluding hydrogens is 526 g/mol. The van der Waals surface area contributed by atoms with E-state index >= 15 is 0 Å². The largest absolute Gasteiger partial charge is 0.331 e. The number of fused-ring (bicyclic) bond motifs is 3. The molecule has 2 aromatic carbocycles. The molecule has 0 unspecified atom stereocenters. The van der Waals surface area contributed by atoms with E-state index in [1.165, 1.54) is 31.3 Å². The predicted octanol–water partition coefficient (Wildman–Crippen LogP) is 5.68. The Balaban J connectivity index is 1.89. The average molecular weight is 552 g/mol. The van der Waals surface area contributed by atoms with Gasteiger partial charge in [0, 0.05) is 52.4 Å². The number of rotatable bonds is 8. The van der Waals surface area contributed by atoms with Gasteiger partial charge in [0.1, 0.15) is 16.1 Å². The summed E-state index contributed by atoms with van der Waals surface area (Å²) in [6, 6.07) is 5.98. The molecule has 0 radical (unpaired) electrons. The standard InChI is InChI=1S/C27H25N3O8S/c1-13-9-18(24(33)14(2)28-37-15(3)31)10-20-21-11-19(12-22(30(35)36)27(21)39-26(13)20)25(34)23(29-38-16(4)32)17-7-5-6-8-17/h9-12,17H,5-8H2,1-4H3/b28-14+,29-23+. The molecule has 1 aliphatic rings. The third-order valence-electron chi connectivity index (χ3n) is 6.45. The summed E-state index contributed by atoms with van der Waals surface area (Å²) in [7, 11) is 0. The average Bonchev–Trinajstić information content (AvgIpc) is 3.54. The van der Waals surface area contributed by atoms with E-state index in [-0.39, 0.29) is 34.2 Å². The number of carbonyl (C=O) groups excluding carboxylic acids is 4. The molecule has 0 spiro atoms. The zero-order valence-corrected chi connectivity index (χ0v) is 22.5. The summed E-state index contributed by atoms with van der Waals surface area (Å²) in [6.45, 7) is 5.52. The Kier molecular flexibility index (Phi) is 7.95. The SMILES string of the molecule is CC(=O)O/N=C(\C)C(=O)c1cc(C)c2sc3c([N+](=O)[O-])cc(C(=O)/C(=N/OC(C)=O)C4CCCC4)cc3c2c1. The number of oxime groups is 2. The monoisotopic (exact) mass is 551 g/mol. The topological polar surface area (TPSA) is 155 Å². The molecule has 0 bridgehead atoms. The first kappa shape index (κ1) is 27.7. The van der Waals surface area contributed by atoms with Gasteiger partial charge in [0.2, 0.25) is 11.6 Å². The van der Waals surface area contributed by atoms with Crippen molar-refractivity contribution in [1.82, 2.24) is 0 Å². The number of Topliss-reactive ketones (excluding diaryl/α,β-unsaturated/α-hetero) is 2. The van der Waals surface area contributed by atoms with Crippen LogP contribution in [0.1, 0.15) is 72.7 Å². The number of benzene rings is 2. The fourth-order valence-corrected chi connectivity index (χ4v) is 5.90. The van der Waals surface area contributed by atoms with Crippen LogP contribution in [0.3, 0.4) is 0 Å². The van der Waals surface area contributed by atoms with Crippen molar-refractivity contribution >= 4 is 72.1 Å². The summed E-state index contributed by atoms with van der Waals surface area (Å²) < 4.78 is 1.07. The molecule has 4 rings (SSSR count). The number of ketones is 2. The maximum Gasteiger partial charge on any atom is 0.331 e. The second kappa shape index (κ2) is 11.2. The van der Waals surface area contributed by atoms with Gasteiger partial charge >= 0.3 is 11.9 Å². The van der Waals surface area contributed by atoms with Crippen molar-refractivity contribution in [1.29, 1.82) is 0 Å². The number of non-ortho nitro benzene ring substituents is 1. The minimum Gasteiger partial charge on any atom is -0.318 e. The molecule has 12 heteroatoms. The summed E-state index contributed by atoms with van der Waals surface area (Å²) in [4.78, 5) is 70.0. The number of thiophene rings is 1. The minimum absolute atomic E-state index is 0.0358. The van der Waals surface area contributed by atoms with E-state index < -0.39 is 28.4 Å². The predicted molar refractivity (Wildman–Crippen MR) is 145 cm³/mol. The molecule has 1 fully saturated rings. The van der Waals surface area contributed by atoms with E-state index in [1.807, 2.05) is 0 Å². The minimum atomic E-state index is -0.677. The fourth-order valence-electron chi connectivity index (χ4n) is 4.68.